The van der Waals surface area contributed by atoms with Crippen LogP contribution in [0.3, 0.4) is 0 Å². The lowest BCUT2D eigenvalue weighted by atomic mass is 9.91. The second-order valence-electron chi connectivity index (χ2n) is 15.3. The van der Waals surface area contributed by atoms with E-state index in [1.807, 2.05) is 11.3 Å². The van der Waals surface area contributed by atoms with Crippen molar-refractivity contribution in [1.82, 2.24) is 9.13 Å². The van der Waals surface area contributed by atoms with E-state index in [0.717, 1.165) is 5.69 Å². The summed E-state index contributed by atoms with van der Waals surface area (Å²) in [6, 6.07) is 72.1. The predicted octanol–water partition coefficient (Wildman–Crippen LogP) is 15.4. The maximum Gasteiger partial charge on any atom is 0.0542 e. The Morgan fingerprint density at radius 3 is 1.30 bits per heavy atom. The van der Waals surface area contributed by atoms with Crippen LogP contribution < -0.4 is 0 Å². The molecule has 0 amide bonds. The summed E-state index contributed by atoms with van der Waals surface area (Å²) in [6.45, 7) is 0. The lowest BCUT2D eigenvalue weighted by molar-refractivity contribution is 1.17. The first-order valence-electron chi connectivity index (χ1n) is 19.6. The Balaban J connectivity index is 1.00. The minimum Gasteiger partial charge on any atom is -0.309 e. The third-order valence-electron chi connectivity index (χ3n) is 12.3. The summed E-state index contributed by atoms with van der Waals surface area (Å²) in [7, 11) is 0. The fourth-order valence-electron chi connectivity index (χ4n) is 9.75. The van der Waals surface area contributed by atoms with E-state index in [0.29, 0.717) is 0 Å². The van der Waals surface area contributed by atoms with E-state index in [4.69, 9.17) is 0 Å². The van der Waals surface area contributed by atoms with Crippen LogP contribution in [0.1, 0.15) is 0 Å². The molecule has 3 heteroatoms. The molecule has 13 aromatic rings. The van der Waals surface area contributed by atoms with Gasteiger partial charge in [0, 0.05) is 53.1 Å². The molecule has 0 fully saturated rings. The average Bonchev–Trinajstić information content (AvgIpc) is 3.93. The Bertz CT molecular complexity index is 3750. The highest BCUT2D eigenvalue weighted by Crippen LogP contribution is 2.42. The van der Waals surface area contributed by atoms with Crippen molar-refractivity contribution in [3.63, 3.8) is 0 Å². The molecule has 0 aliphatic heterocycles. The van der Waals surface area contributed by atoms with E-state index in [1.165, 1.54) is 113 Å². The van der Waals surface area contributed by atoms with Gasteiger partial charge in [-0.15, -0.1) is 11.3 Å². The van der Waals surface area contributed by atoms with Crippen molar-refractivity contribution in [2.45, 2.75) is 0 Å². The van der Waals surface area contributed by atoms with Gasteiger partial charge in [-0.1, -0.05) is 121 Å². The number of rotatable bonds is 3. The Hall–Kier alpha value is -7.20. The first kappa shape index (κ1) is 31.1. The molecule has 0 saturated carbocycles. The van der Waals surface area contributed by atoms with Gasteiger partial charge in [-0.25, -0.2) is 0 Å². The number of thiophene rings is 1. The molecule has 0 aliphatic rings. The van der Waals surface area contributed by atoms with E-state index in [1.54, 1.807) is 0 Å². The molecule has 264 valence electrons. The smallest absolute Gasteiger partial charge is 0.0542 e. The molecule has 3 aromatic heterocycles. The van der Waals surface area contributed by atoms with Gasteiger partial charge in [0.05, 0.1) is 22.1 Å². The van der Waals surface area contributed by atoms with Crippen molar-refractivity contribution in [2.75, 3.05) is 0 Å². The zero-order valence-electron chi connectivity index (χ0n) is 30.8. The maximum atomic E-state index is 2.45. The number of aromatic nitrogens is 2. The lowest BCUT2D eigenvalue weighted by Crippen LogP contribution is -1.96. The Morgan fingerprint density at radius 1 is 0.246 bits per heavy atom. The molecule has 0 unspecified atom stereocenters. The predicted molar refractivity (Wildman–Crippen MR) is 246 cm³/mol. The van der Waals surface area contributed by atoms with Crippen LogP contribution in [0.15, 0.2) is 194 Å². The van der Waals surface area contributed by atoms with E-state index in [2.05, 4.69) is 203 Å². The van der Waals surface area contributed by atoms with E-state index < -0.39 is 0 Å². The van der Waals surface area contributed by atoms with Crippen molar-refractivity contribution in [1.29, 1.82) is 0 Å². The standard InChI is InChI=1S/C54H32N2S/c1-2-12-38-37(11-1)45-29-33(34-22-28-54-48(30-34)44-16-6-10-20-53(44)57-54)21-25-39(45)40-26-23-35(31-46(38)40)56-51-19-9-5-15-43(51)47-32-36(24-27-52(47)56)55-49-17-7-3-13-41(49)42-14-4-8-18-50(42)55/h1-32H. The molecule has 0 atom stereocenters. The number of fused-ring (bicyclic) bond motifs is 15. The number of para-hydroxylation sites is 3. The van der Waals surface area contributed by atoms with Crippen molar-refractivity contribution in [2.24, 2.45) is 0 Å². The van der Waals surface area contributed by atoms with Crippen LogP contribution in [0.2, 0.25) is 0 Å². The molecule has 0 bridgehead atoms. The first-order chi connectivity index (χ1) is 28.3. The Morgan fingerprint density at radius 2 is 0.649 bits per heavy atom. The fraction of sp³-hybridized carbons (Fsp3) is 0. The normalized spacial score (nSPS) is 12.2. The molecule has 0 saturated heterocycles. The van der Waals surface area contributed by atoms with Crippen LogP contribution in [0.25, 0.3) is 119 Å². The molecule has 3 heterocycles. The molecule has 0 spiro atoms. The van der Waals surface area contributed by atoms with Crippen LogP contribution in [0.5, 0.6) is 0 Å². The zero-order chi connectivity index (χ0) is 37.2. The van der Waals surface area contributed by atoms with Gasteiger partial charge in [0.1, 0.15) is 0 Å². The second kappa shape index (κ2) is 11.7. The molecule has 2 nitrogen and oxygen atoms in total. The van der Waals surface area contributed by atoms with Gasteiger partial charge in [-0.3, -0.25) is 0 Å². The van der Waals surface area contributed by atoms with Crippen molar-refractivity contribution in [3.8, 4) is 22.5 Å². The summed E-state index contributed by atoms with van der Waals surface area (Å²) < 4.78 is 7.54. The summed E-state index contributed by atoms with van der Waals surface area (Å²) in [5.41, 5.74) is 9.67. The number of nitrogens with zero attached hydrogens (tertiary/aromatic N) is 2. The summed E-state index contributed by atoms with van der Waals surface area (Å²) >= 11 is 1.87. The largest absolute Gasteiger partial charge is 0.309 e. The lowest BCUT2D eigenvalue weighted by Gasteiger charge is -2.15. The van der Waals surface area contributed by atoms with Crippen LogP contribution in [-0.2, 0) is 0 Å². The zero-order valence-corrected chi connectivity index (χ0v) is 31.6. The van der Waals surface area contributed by atoms with Crippen molar-refractivity contribution >= 4 is 107 Å². The monoisotopic (exact) mass is 740 g/mol. The van der Waals surface area contributed by atoms with Gasteiger partial charge in [0.25, 0.3) is 0 Å². The topological polar surface area (TPSA) is 9.86 Å². The van der Waals surface area contributed by atoms with Crippen LogP contribution >= 0.6 is 11.3 Å². The highest BCUT2D eigenvalue weighted by molar-refractivity contribution is 7.25. The first-order valence-corrected chi connectivity index (χ1v) is 20.4. The van der Waals surface area contributed by atoms with E-state index in [-0.39, 0.29) is 0 Å². The summed E-state index contributed by atoms with van der Waals surface area (Å²) in [4.78, 5) is 0. The van der Waals surface area contributed by atoms with E-state index >= 15 is 0 Å². The molecule has 57 heavy (non-hydrogen) atoms. The third kappa shape index (κ3) is 4.40. The molecular weight excluding hydrogens is 709 g/mol. The Kier molecular flexibility index (Phi) is 6.35. The summed E-state index contributed by atoms with van der Waals surface area (Å²) in [5, 5.41) is 15.4. The van der Waals surface area contributed by atoms with Crippen LogP contribution in [0.4, 0.5) is 0 Å². The highest BCUT2D eigenvalue weighted by Gasteiger charge is 2.18. The average molecular weight is 741 g/mol. The quantitative estimate of drug-likeness (QED) is 0.160. The molecule has 0 aliphatic carbocycles. The SMILES string of the molecule is c1ccc2c(c1)sc1ccc(-c3ccc4c5ccc(-n6c7ccccc7c7cc(-n8c9ccccc9c9ccccc98)ccc76)cc5c5ccccc5c4c3)cc12. The number of hydrogen-bond acceptors (Lipinski definition) is 1. The number of benzene rings is 10. The highest BCUT2D eigenvalue weighted by atomic mass is 32.1. The number of hydrogen-bond donors (Lipinski definition) is 0. The van der Waals surface area contributed by atoms with Crippen LogP contribution in [-0.4, -0.2) is 9.13 Å². The summed E-state index contributed by atoms with van der Waals surface area (Å²) in [6.07, 6.45) is 0. The molecule has 13 rings (SSSR count). The third-order valence-corrected chi connectivity index (χ3v) is 13.4. The van der Waals surface area contributed by atoms with E-state index in [9.17, 15) is 0 Å². The van der Waals surface area contributed by atoms with Gasteiger partial charge in [-0.2, -0.15) is 0 Å². The van der Waals surface area contributed by atoms with Crippen molar-refractivity contribution < 1.29 is 0 Å². The van der Waals surface area contributed by atoms with Gasteiger partial charge in [0.2, 0.25) is 0 Å². The second-order valence-corrected chi connectivity index (χ2v) is 16.4. The summed E-state index contributed by atoms with van der Waals surface area (Å²) in [5.74, 6) is 0. The molecule has 0 radical (unpaired) electrons. The fourth-order valence-corrected chi connectivity index (χ4v) is 10.8. The molecule has 10 aromatic carbocycles. The maximum absolute atomic E-state index is 2.45. The minimum absolute atomic E-state index is 1.16. The van der Waals surface area contributed by atoms with Crippen LogP contribution in [0, 0.1) is 0 Å². The van der Waals surface area contributed by atoms with Crippen molar-refractivity contribution in [3.05, 3.63) is 194 Å². The minimum atomic E-state index is 1.16. The Labute approximate surface area is 331 Å². The molecular formula is C54H32N2S. The van der Waals surface area contributed by atoms with Gasteiger partial charge in [0.15, 0.2) is 0 Å². The van der Waals surface area contributed by atoms with Gasteiger partial charge in [-0.05, 0) is 116 Å². The molecule has 0 N–H and O–H groups in total. The van der Waals surface area contributed by atoms with Gasteiger partial charge >= 0.3 is 0 Å². The van der Waals surface area contributed by atoms with Gasteiger partial charge < -0.3 is 9.13 Å².